The molecule has 0 spiro atoms. The van der Waals surface area contributed by atoms with Gasteiger partial charge >= 0.3 is 0 Å². The van der Waals surface area contributed by atoms with E-state index < -0.39 is 0 Å². The van der Waals surface area contributed by atoms with Gasteiger partial charge in [-0.1, -0.05) is 41.7 Å². The summed E-state index contributed by atoms with van der Waals surface area (Å²) in [6.07, 6.45) is 1.40. The SMILES string of the molecule is CCCC(=O)c1ccc(-c2c(Cl)cc(Cl)cc2Cl)s1. The molecule has 1 aromatic carbocycles. The van der Waals surface area contributed by atoms with Crippen LogP contribution in [0.5, 0.6) is 0 Å². The molecule has 1 nitrogen and oxygen atoms in total. The number of hydrogen-bond acceptors (Lipinski definition) is 2. The van der Waals surface area contributed by atoms with Crippen LogP contribution in [-0.2, 0) is 0 Å². The number of rotatable bonds is 4. The second-order valence-electron chi connectivity index (χ2n) is 4.08. The van der Waals surface area contributed by atoms with Crippen LogP contribution in [0.1, 0.15) is 29.4 Å². The molecule has 1 aromatic heterocycles. The standard InChI is InChI=1S/C14H11Cl3OS/c1-2-3-11(18)12-4-5-13(19-12)14-9(16)6-8(15)7-10(14)17/h4-7H,2-3H2,1H3. The lowest BCUT2D eigenvalue weighted by molar-refractivity contribution is 0.0985. The predicted molar refractivity (Wildman–Crippen MR) is 84.0 cm³/mol. The Morgan fingerprint density at radius 2 is 1.79 bits per heavy atom. The Bertz CT molecular complexity index is 596. The first-order valence-electron chi connectivity index (χ1n) is 5.81. The molecule has 0 aliphatic rings. The fourth-order valence-electron chi connectivity index (χ4n) is 1.75. The first kappa shape index (κ1) is 14.9. The van der Waals surface area contributed by atoms with Gasteiger partial charge in [0.1, 0.15) is 0 Å². The average molecular weight is 334 g/mol. The Morgan fingerprint density at radius 1 is 1.16 bits per heavy atom. The molecule has 0 amide bonds. The van der Waals surface area contributed by atoms with Crippen molar-refractivity contribution in [3.05, 3.63) is 44.2 Å². The third-order valence-electron chi connectivity index (χ3n) is 2.61. The van der Waals surface area contributed by atoms with Crippen molar-refractivity contribution >= 4 is 51.9 Å². The van der Waals surface area contributed by atoms with Gasteiger partial charge in [-0.05, 0) is 30.7 Å². The van der Waals surface area contributed by atoms with Crippen molar-refractivity contribution < 1.29 is 4.79 Å². The minimum Gasteiger partial charge on any atom is -0.293 e. The maximum absolute atomic E-state index is 11.8. The Morgan fingerprint density at radius 3 is 2.37 bits per heavy atom. The minimum atomic E-state index is 0.153. The lowest BCUT2D eigenvalue weighted by atomic mass is 10.1. The predicted octanol–water partition coefficient (Wildman–Crippen LogP) is 6.36. The van der Waals surface area contributed by atoms with E-state index in [-0.39, 0.29) is 5.78 Å². The summed E-state index contributed by atoms with van der Waals surface area (Å²) in [4.78, 5) is 13.5. The molecule has 0 atom stereocenters. The van der Waals surface area contributed by atoms with E-state index in [1.165, 1.54) is 11.3 Å². The van der Waals surface area contributed by atoms with Gasteiger partial charge in [0, 0.05) is 21.9 Å². The zero-order valence-corrected chi connectivity index (χ0v) is 13.3. The van der Waals surface area contributed by atoms with Gasteiger partial charge in [0.05, 0.1) is 14.9 Å². The molecule has 1 heterocycles. The summed E-state index contributed by atoms with van der Waals surface area (Å²) in [5.74, 6) is 0.153. The van der Waals surface area contributed by atoms with Crippen LogP contribution in [0.3, 0.4) is 0 Å². The molecule has 0 unspecified atom stereocenters. The lowest BCUT2D eigenvalue weighted by Crippen LogP contribution is -1.93. The second kappa shape index (κ2) is 6.27. The largest absolute Gasteiger partial charge is 0.293 e. The molecule has 0 bridgehead atoms. The molecule has 0 aliphatic heterocycles. The third-order valence-corrected chi connectivity index (χ3v) is 4.57. The van der Waals surface area contributed by atoms with E-state index in [0.717, 1.165) is 21.7 Å². The van der Waals surface area contributed by atoms with E-state index >= 15 is 0 Å². The van der Waals surface area contributed by atoms with Gasteiger partial charge in [-0.3, -0.25) is 4.79 Å². The second-order valence-corrected chi connectivity index (χ2v) is 6.42. The molecule has 19 heavy (non-hydrogen) atoms. The van der Waals surface area contributed by atoms with Gasteiger partial charge in [-0.2, -0.15) is 0 Å². The zero-order chi connectivity index (χ0) is 14.0. The first-order valence-corrected chi connectivity index (χ1v) is 7.76. The molecule has 0 saturated carbocycles. The van der Waals surface area contributed by atoms with Crippen molar-refractivity contribution in [3.8, 4) is 10.4 Å². The molecule has 0 saturated heterocycles. The van der Waals surface area contributed by atoms with Crippen molar-refractivity contribution in [1.82, 2.24) is 0 Å². The molecule has 5 heteroatoms. The number of ketones is 1. The van der Waals surface area contributed by atoms with Crippen LogP contribution in [0.25, 0.3) is 10.4 Å². The van der Waals surface area contributed by atoms with E-state index in [1.807, 2.05) is 19.1 Å². The molecule has 0 aliphatic carbocycles. The van der Waals surface area contributed by atoms with Gasteiger partial charge in [0.2, 0.25) is 0 Å². The first-order chi connectivity index (χ1) is 9.02. The Hall–Kier alpha value is -0.540. The molecule has 2 rings (SSSR count). The van der Waals surface area contributed by atoms with Gasteiger partial charge in [0.25, 0.3) is 0 Å². The average Bonchev–Trinajstić information content (AvgIpc) is 2.77. The van der Waals surface area contributed by atoms with Crippen LogP contribution in [-0.4, -0.2) is 5.78 Å². The summed E-state index contributed by atoms with van der Waals surface area (Å²) in [5, 5.41) is 1.49. The van der Waals surface area contributed by atoms with Gasteiger partial charge < -0.3 is 0 Å². The normalized spacial score (nSPS) is 10.7. The maximum atomic E-state index is 11.8. The van der Waals surface area contributed by atoms with E-state index in [0.29, 0.717) is 21.5 Å². The minimum absolute atomic E-state index is 0.153. The Labute approximate surface area is 131 Å². The number of halogens is 3. The van der Waals surface area contributed by atoms with Crippen molar-refractivity contribution in [2.24, 2.45) is 0 Å². The van der Waals surface area contributed by atoms with E-state index in [9.17, 15) is 4.79 Å². The maximum Gasteiger partial charge on any atom is 0.172 e. The molecule has 100 valence electrons. The summed E-state index contributed by atoms with van der Waals surface area (Å²) >= 11 is 19.6. The van der Waals surface area contributed by atoms with Crippen molar-refractivity contribution in [2.75, 3.05) is 0 Å². The van der Waals surface area contributed by atoms with Gasteiger partial charge in [0.15, 0.2) is 5.78 Å². The summed E-state index contributed by atoms with van der Waals surface area (Å²) in [7, 11) is 0. The molecule has 0 fully saturated rings. The van der Waals surface area contributed by atoms with Gasteiger partial charge in [-0.25, -0.2) is 0 Å². The molecular formula is C14H11Cl3OS. The number of benzene rings is 1. The van der Waals surface area contributed by atoms with Crippen molar-refractivity contribution in [2.45, 2.75) is 19.8 Å². The third kappa shape index (κ3) is 3.32. The summed E-state index contributed by atoms with van der Waals surface area (Å²) in [5.41, 5.74) is 0.730. The topological polar surface area (TPSA) is 17.1 Å². The fourth-order valence-corrected chi connectivity index (χ4v) is 3.93. The number of Topliss-reactive ketones (excluding diaryl/α,β-unsaturated/α-hetero) is 1. The van der Waals surface area contributed by atoms with E-state index in [2.05, 4.69) is 0 Å². The van der Waals surface area contributed by atoms with Crippen LogP contribution in [0.2, 0.25) is 15.1 Å². The highest BCUT2D eigenvalue weighted by Gasteiger charge is 2.14. The Kier molecular flexibility index (Phi) is 4.91. The van der Waals surface area contributed by atoms with E-state index in [4.69, 9.17) is 34.8 Å². The van der Waals surface area contributed by atoms with Crippen LogP contribution in [0.4, 0.5) is 0 Å². The number of hydrogen-bond donors (Lipinski definition) is 0. The number of carbonyl (C=O) groups excluding carboxylic acids is 1. The highest BCUT2D eigenvalue weighted by Crippen LogP contribution is 2.40. The van der Waals surface area contributed by atoms with Crippen LogP contribution >= 0.6 is 46.1 Å². The highest BCUT2D eigenvalue weighted by atomic mass is 35.5. The summed E-state index contributed by atoms with van der Waals surface area (Å²) < 4.78 is 0. The fraction of sp³-hybridized carbons (Fsp3) is 0.214. The lowest BCUT2D eigenvalue weighted by Gasteiger charge is -2.05. The highest BCUT2D eigenvalue weighted by molar-refractivity contribution is 7.17. The van der Waals surface area contributed by atoms with Crippen molar-refractivity contribution in [1.29, 1.82) is 0 Å². The molecule has 0 N–H and O–H groups in total. The van der Waals surface area contributed by atoms with Gasteiger partial charge in [-0.15, -0.1) is 11.3 Å². The smallest absolute Gasteiger partial charge is 0.172 e. The van der Waals surface area contributed by atoms with E-state index in [1.54, 1.807) is 12.1 Å². The Balaban J connectivity index is 2.41. The summed E-state index contributed by atoms with van der Waals surface area (Å²) in [6.45, 7) is 1.99. The molecular weight excluding hydrogens is 323 g/mol. The van der Waals surface area contributed by atoms with Crippen molar-refractivity contribution in [3.63, 3.8) is 0 Å². The zero-order valence-electron chi connectivity index (χ0n) is 10.2. The number of carbonyl (C=O) groups is 1. The molecule has 0 radical (unpaired) electrons. The van der Waals surface area contributed by atoms with Crippen LogP contribution < -0.4 is 0 Å². The number of thiophene rings is 1. The quantitative estimate of drug-likeness (QED) is 0.595. The van der Waals surface area contributed by atoms with Crippen LogP contribution in [0, 0.1) is 0 Å². The van der Waals surface area contributed by atoms with Crippen LogP contribution in [0.15, 0.2) is 24.3 Å². The summed E-state index contributed by atoms with van der Waals surface area (Å²) in [6, 6.07) is 6.99. The monoisotopic (exact) mass is 332 g/mol. The molecule has 2 aromatic rings.